The van der Waals surface area contributed by atoms with Gasteiger partial charge in [-0.1, -0.05) is 31.0 Å². The van der Waals surface area contributed by atoms with Gasteiger partial charge in [-0.3, -0.25) is 0 Å². The summed E-state index contributed by atoms with van der Waals surface area (Å²) in [5, 5.41) is 11.2. The molecule has 1 aliphatic carbocycles. The number of aromatic nitrogens is 3. The molecular weight excluding hydrogens is 236 g/mol. The Morgan fingerprint density at radius 2 is 2.29 bits per heavy atom. The maximum Gasteiger partial charge on any atom is 0.328 e. The van der Waals surface area contributed by atoms with E-state index < -0.39 is 0 Å². The van der Waals surface area contributed by atoms with Gasteiger partial charge in [0.25, 0.3) is 0 Å². The van der Waals surface area contributed by atoms with Crippen LogP contribution in [0.3, 0.4) is 0 Å². The molecule has 2 rings (SSSR count). The van der Waals surface area contributed by atoms with E-state index in [-0.39, 0.29) is 6.03 Å². The average Bonchev–Trinajstić information content (AvgIpc) is 2.85. The summed E-state index contributed by atoms with van der Waals surface area (Å²) in [6, 6.07) is -0.120. The molecule has 17 heavy (non-hydrogen) atoms. The minimum absolute atomic E-state index is 0.120. The van der Waals surface area contributed by atoms with Gasteiger partial charge in [0.2, 0.25) is 0 Å². The normalized spacial score (nSPS) is 17.0. The van der Waals surface area contributed by atoms with Crippen molar-refractivity contribution in [2.24, 2.45) is 5.92 Å². The van der Waals surface area contributed by atoms with E-state index in [9.17, 15) is 4.79 Å². The summed E-state index contributed by atoms with van der Waals surface area (Å²) in [4.78, 5) is 11.9. The lowest BCUT2D eigenvalue weighted by molar-refractivity contribution is 0.236. The van der Waals surface area contributed by atoms with Crippen molar-refractivity contribution in [3.8, 4) is 0 Å². The van der Waals surface area contributed by atoms with E-state index in [0.29, 0.717) is 11.1 Å². The summed E-state index contributed by atoms with van der Waals surface area (Å²) < 4.78 is 1.47. The number of carbonyl (C=O) groups is 1. The van der Waals surface area contributed by atoms with Crippen LogP contribution in [0.2, 0.25) is 0 Å². The van der Waals surface area contributed by atoms with Crippen molar-refractivity contribution in [2.75, 3.05) is 12.8 Å². The SMILES string of the molecule is CSc1nncn1C(=O)NCC1CCCCC1. The Hall–Kier alpha value is -1.04. The second kappa shape index (κ2) is 6.05. The van der Waals surface area contributed by atoms with Crippen LogP contribution in [0.15, 0.2) is 11.5 Å². The smallest absolute Gasteiger partial charge is 0.328 e. The van der Waals surface area contributed by atoms with Gasteiger partial charge in [0.05, 0.1) is 0 Å². The summed E-state index contributed by atoms with van der Waals surface area (Å²) >= 11 is 1.42. The maximum atomic E-state index is 11.9. The summed E-state index contributed by atoms with van der Waals surface area (Å²) in [7, 11) is 0. The van der Waals surface area contributed by atoms with Crippen molar-refractivity contribution in [1.29, 1.82) is 0 Å². The Morgan fingerprint density at radius 1 is 1.53 bits per heavy atom. The van der Waals surface area contributed by atoms with Crippen LogP contribution in [0.4, 0.5) is 4.79 Å². The highest BCUT2D eigenvalue weighted by molar-refractivity contribution is 7.98. The van der Waals surface area contributed by atoms with E-state index in [1.165, 1.54) is 54.8 Å². The van der Waals surface area contributed by atoms with Crippen LogP contribution in [0.25, 0.3) is 0 Å². The first-order valence-corrected chi connectivity index (χ1v) is 7.26. The molecule has 1 aromatic heterocycles. The Labute approximate surface area is 105 Å². The lowest BCUT2D eigenvalue weighted by Crippen LogP contribution is -2.33. The van der Waals surface area contributed by atoms with Gasteiger partial charge in [0, 0.05) is 6.54 Å². The summed E-state index contributed by atoms with van der Waals surface area (Å²) in [5.74, 6) is 0.641. The summed E-state index contributed by atoms with van der Waals surface area (Å²) in [5.41, 5.74) is 0. The standard InChI is InChI=1S/C11H18N4OS/c1-17-11-14-13-8-15(11)10(16)12-7-9-5-3-2-4-6-9/h8-9H,2-7H2,1H3,(H,12,16). The van der Waals surface area contributed by atoms with Crippen molar-refractivity contribution in [3.05, 3.63) is 6.33 Å². The highest BCUT2D eigenvalue weighted by Crippen LogP contribution is 2.22. The predicted molar refractivity (Wildman–Crippen MR) is 67.2 cm³/mol. The maximum absolute atomic E-state index is 11.9. The number of nitrogens with zero attached hydrogens (tertiary/aromatic N) is 3. The molecule has 1 amide bonds. The topological polar surface area (TPSA) is 59.8 Å². The van der Waals surface area contributed by atoms with E-state index in [1.807, 2.05) is 6.26 Å². The predicted octanol–water partition coefficient (Wildman–Crippen LogP) is 2.14. The fourth-order valence-electron chi connectivity index (χ4n) is 2.21. The van der Waals surface area contributed by atoms with Crippen molar-refractivity contribution < 1.29 is 4.79 Å². The lowest BCUT2D eigenvalue weighted by Gasteiger charge is -2.21. The molecule has 0 bridgehead atoms. The molecule has 1 saturated carbocycles. The lowest BCUT2D eigenvalue weighted by atomic mass is 9.89. The third-order valence-corrected chi connectivity index (χ3v) is 3.83. The first kappa shape index (κ1) is 12.4. The van der Waals surface area contributed by atoms with Crippen LogP contribution in [0, 0.1) is 5.92 Å². The molecule has 94 valence electrons. The van der Waals surface area contributed by atoms with Crippen LogP contribution in [-0.4, -0.2) is 33.6 Å². The molecule has 0 spiro atoms. The number of hydrogen-bond donors (Lipinski definition) is 1. The highest BCUT2D eigenvalue weighted by Gasteiger charge is 2.16. The number of nitrogens with one attached hydrogen (secondary N) is 1. The fourth-order valence-corrected chi connectivity index (χ4v) is 2.67. The minimum Gasteiger partial charge on any atom is -0.337 e. The Balaban J connectivity index is 1.84. The van der Waals surface area contributed by atoms with Crippen molar-refractivity contribution in [1.82, 2.24) is 20.1 Å². The van der Waals surface area contributed by atoms with E-state index >= 15 is 0 Å². The van der Waals surface area contributed by atoms with Gasteiger partial charge in [-0.25, -0.2) is 9.36 Å². The molecule has 1 heterocycles. The zero-order valence-corrected chi connectivity index (χ0v) is 10.9. The zero-order valence-electron chi connectivity index (χ0n) is 10.1. The van der Waals surface area contributed by atoms with Crippen molar-refractivity contribution in [2.45, 2.75) is 37.3 Å². The Kier molecular flexibility index (Phi) is 4.42. The third kappa shape index (κ3) is 3.21. The largest absolute Gasteiger partial charge is 0.337 e. The van der Waals surface area contributed by atoms with Crippen LogP contribution in [0.5, 0.6) is 0 Å². The van der Waals surface area contributed by atoms with E-state index in [4.69, 9.17) is 0 Å². The number of hydrogen-bond acceptors (Lipinski definition) is 4. The highest BCUT2D eigenvalue weighted by atomic mass is 32.2. The zero-order chi connectivity index (χ0) is 12.1. The second-order valence-electron chi connectivity index (χ2n) is 4.38. The molecule has 1 aliphatic rings. The molecule has 0 atom stereocenters. The first-order chi connectivity index (χ1) is 8.31. The van der Waals surface area contributed by atoms with Gasteiger partial charge in [0.1, 0.15) is 6.33 Å². The number of thioether (sulfide) groups is 1. The van der Waals surface area contributed by atoms with E-state index in [2.05, 4.69) is 15.5 Å². The molecular formula is C11H18N4OS. The molecule has 0 aromatic carbocycles. The van der Waals surface area contributed by atoms with Crippen LogP contribution in [-0.2, 0) is 0 Å². The molecule has 0 saturated heterocycles. The van der Waals surface area contributed by atoms with Crippen LogP contribution in [0.1, 0.15) is 32.1 Å². The molecule has 1 aromatic rings. The molecule has 0 aliphatic heterocycles. The van der Waals surface area contributed by atoms with E-state index in [0.717, 1.165) is 6.54 Å². The van der Waals surface area contributed by atoms with Crippen LogP contribution >= 0.6 is 11.8 Å². The third-order valence-electron chi connectivity index (χ3n) is 3.18. The molecule has 0 radical (unpaired) electrons. The first-order valence-electron chi connectivity index (χ1n) is 6.03. The second-order valence-corrected chi connectivity index (χ2v) is 5.15. The van der Waals surface area contributed by atoms with Gasteiger partial charge in [0.15, 0.2) is 5.16 Å². The Bertz CT molecular complexity index is 373. The fraction of sp³-hybridized carbons (Fsp3) is 0.727. The minimum atomic E-state index is -0.120. The quantitative estimate of drug-likeness (QED) is 0.840. The molecule has 6 heteroatoms. The average molecular weight is 254 g/mol. The van der Waals surface area contributed by atoms with Crippen LogP contribution < -0.4 is 5.32 Å². The van der Waals surface area contributed by atoms with Gasteiger partial charge < -0.3 is 5.32 Å². The Morgan fingerprint density at radius 3 is 3.00 bits per heavy atom. The number of amides is 1. The van der Waals surface area contributed by atoms with E-state index in [1.54, 1.807) is 0 Å². The van der Waals surface area contributed by atoms with Gasteiger partial charge in [-0.2, -0.15) is 0 Å². The number of carbonyl (C=O) groups excluding carboxylic acids is 1. The molecule has 1 fully saturated rings. The van der Waals surface area contributed by atoms with Crippen molar-refractivity contribution >= 4 is 17.8 Å². The van der Waals surface area contributed by atoms with Gasteiger partial charge >= 0.3 is 6.03 Å². The summed E-state index contributed by atoms with van der Waals surface area (Å²) in [6.07, 6.45) is 9.74. The molecule has 1 N–H and O–H groups in total. The van der Waals surface area contributed by atoms with Gasteiger partial charge in [-0.15, -0.1) is 10.2 Å². The monoisotopic (exact) mass is 254 g/mol. The summed E-state index contributed by atoms with van der Waals surface area (Å²) in [6.45, 7) is 0.769. The number of rotatable bonds is 3. The molecule has 5 nitrogen and oxygen atoms in total. The van der Waals surface area contributed by atoms with Gasteiger partial charge in [-0.05, 0) is 25.0 Å². The van der Waals surface area contributed by atoms with Crippen molar-refractivity contribution in [3.63, 3.8) is 0 Å². The molecule has 0 unspecified atom stereocenters.